The van der Waals surface area contributed by atoms with Crippen LogP contribution >= 0.6 is 23.2 Å². The van der Waals surface area contributed by atoms with Crippen LogP contribution in [0.2, 0.25) is 10.0 Å². The molecule has 2 aliphatic heterocycles. The molecule has 0 fully saturated rings. The highest BCUT2D eigenvalue weighted by atomic mass is 35.5. The van der Waals surface area contributed by atoms with Gasteiger partial charge in [0, 0.05) is 34.3 Å². The average molecular weight is 466 g/mol. The van der Waals surface area contributed by atoms with Gasteiger partial charge in [-0.2, -0.15) is 0 Å². The molecule has 2 heterocycles. The molecule has 6 heteroatoms. The molecule has 0 spiro atoms. The summed E-state index contributed by atoms with van der Waals surface area (Å²) in [4.78, 5) is 15.3. The van der Waals surface area contributed by atoms with Crippen LogP contribution in [0.25, 0.3) is 6.08 Å². The number of hydrogen-bond donors (Lipinski definition) is 0. The van der Waals surface area contributed by atoms with Crippen molar-refractivity contribution in [2.24, 2.45) is 0 Å². The van der Waals surface area contributed by atoms with Crippen molar-refractivity contribution in [1.82, 2.24) is 4.90 Å². The maximum absolute atomic E-state index is 13.0. The first kappa shape index (κ1) is 21.1. The van der Waals surface area contributed by atoms with Gasteiger partial charge in [0.05, 0.1) is 5.56 Å². The number of Topliss-reactive ketones (excluding diaryl/α,β-unsaturated/α-hetero) is 1. The number of halogens is 2. The molecule has 0 atom stereocenters. The third-order valence-electron chi connectivity index (χ3n) is 5.80. The van der Waals surface area contributed by atoms with Gasteiger partial charge in [0.2, 0.25) is 5.78 Å². The molecule has 0 amide bonds. The molecular formula is C26H21Cl2NO3. The molecule has 2 aliphatic rings. The van der Waals surface area contributed by atoms with Gasteiger partial charge in [-0.25, -0.2) is 0 Å². The van der Waals surface area contributed by atoms with Crippen molar-refractivity contribution >= 4 is 35.1 Å². The first-order valence-electron chi connectivity index (χ1n) is 10.4. The van der Waals surface area contributed by atoms with Crippen LogP contribution in [0.3, 0.4) is 0 Å². The van der Waals surface area contributed by atoms with E-state index in [0.717, 1.165) is 47.0 Å². The number of benzene rings is 3. The Morgan fingerprint density at radius 2 is 1.69 bits per heavy atom. The van der Waals surface area contributed by atoms with E-state index >= 15 is 0 Å². The van der Waals surface area contributed by atoms with Crippen LogP contribution in [0.5, 0.6) is 11.5 Å². The molecule has 3 aromatic rings. The predicted octanol–water partition coefficient (Wildman–Crippen LogP) is 6.31. The number of nitrogens with zero attached hydrogens (tertiary/aromatic N) is 1. The van der Waals surface area contributed by atoms with E-state index in [0.29, 0.717) is 28.8 Å². The van der Waals surface area contributed by atoms with Crippen LogP contribution in [0.4, 0.5) is 0 Å². The zero-order valence-electron chi connectivity index (χ0n) is 17.5. The molecule has 0 aromatic heterocycles. The summed E-state index contributed by atoms with van der Waals surface area (Å²) in [6.45, 7) is 4.02. The highest BCUT2D eigenvalue weighted by Gasteiger charge is 2.33. The number of ether oxygens (including phenoxy) is 2. The summed E-state index contributed by atoms with van der Waals surface area (Å²) in [6, 6.07) is 17.1. The molecule has 3 aromatic carbocycles. The van der Waals surface area contributed by atoms with Gasteiger partial charge in [-0.3, -0.25) is 9.69 Å². The van der Waals surface area contributed by atoms with Gasteiger partial charge < -0.3 is 9.47 Å². The Bertz CT molecular complexity index is 1220. The number of allylic oxidation sites excluding steroid dienone is 1. The fourth-order valence-corrected chi connectivity index (χ4v) is 4.34. The van der Waals surface area contributed by atoms with Crippen LogP contribution in [0, 0.1) is 6.92 Å². The van der Waals surface area contributed by atoms with E-state index in [1.165, 1.54) is 5.56 Å². The molecule has 0 unspecified atom stereocenters. The topological polar surface area (TPSA) is 38.8 Å². The van der Waals surface area contributed by atoms with Crippen molar-refractivity contribution in [3.63, 3.8) is 0 Å². The fraction of sp³-hybridized carbons (Fsp3) is 0.192. The summed E-state index contributed by atoms with van der Waals surface area (Å²) < 4.78 is 12.0. The maximum Gasteiger partial charge on any atom is 0.231 e. The SMILES string of the molecule is Cc1c2c(cc3c1O/C(=C\c1ccc(Cl)cc1)C3=O)CN(CCc1ccc(Cl)cc1)CO2. The zero-order chi connectivity index (χ0) is 22.2. The highest BCUT2D eigenvalue weighted by molar-refractivity contribution is 6.30. The number of rotatable bonds is 4. The largest absolute Gasteiger partial charge is 0.477 e. The van der Waals surface area contributed by atoms with Crippen molar-refractivity contribution in [3.8, 4) is 11.5 Å². The van der Waals surface area contributed by atoms with E-state index in [2.05, 4.69) is 4.90 Å². The summed E-state index contributed by atoms with van der Waals surface area (Å²) in [6.07, 6.45) is 2.65. The molecule has 5 rings (SSSR count). The third-order valence-corrected chi connectivity index (χ3v) is 6.30. The average Bonchev–Trinajstić information content (AvgIpc) is 3.10. The van der Waals surface area contributed by atoms with E-state index in [9.17, 15) is 4.79 Å². The quantitative estimate of drug-likeness (QED) is 0.423. The Hall–Kier alpha value is -2.79. The van der Waals surface area contributed by atoms with Gasteiger partial charge in [0.15, 0.2) is 5.76 Å². The highest BCUT2D eigenvalue weighted by Crippen LogP contribution is 2.43. The van der Waals surface area contributed by atoms with Gasteiger partial charge in [-0.15, -0.1) is 0 Å². The summed E-state index contributed by atoms with van der Waals surface area (Å²) in [5.74, 6) is 1.60. The molecule has 0 aliphatic carbocycles. The molecule has 0 saturated heterocycles. The van der Waals surface area contributed by atoms with Crippen LogP contribution in [-0.4, -0.2) is 24.0 Å². The standard InChI is InChI=1S/C26H21Cl2NO3/c1-16-25-19(14-29(15-31-25)11-10-17-2-6-20(27)7-3-17)13-22-24(30)23(32-26(16)22)12-18-4-8-21(28)9-5-18/h2-9,12-13H,10-11,14-15H2,1H3/b23-12-. The van der Waals surface area contributed by atoms with E-state index < -0.39 is 0 Å². The summed E-state index contributed by atoms with van der Waals surface area (Å²) >= 11 is 11.9. The number of hydrogen-bond acceptors (Lipinski definition) is 4. The monoisotopic (exact) mass is 465 g/mol. The van der Waals surface area contributed by atoms with Gasteiger partial charge in [0.25, 0.3) is 0 Å². The summed E-state index contributed by atoms with van der Waals surface area (Å²) in [7, 11) is 0. The third kappa shape index (κ3) is 4.14. The first-order valence-corrected chi connectivity index (χ1v) is 11.2. The van der Waals surface area contributed by atoms with Crippen LogP contribution < -0.4 is 9.47 Å². The Balaban J connectivity index is 1.35. The van der Waals surface area contributed by atoms with E-state index in [4.69, 9.17) is 32.7 Å². The fourth-order valence-electron chi connectivity index (χ4n) is 4.09. The lowest BCUT2D eigenvalue weighted by molar-refractivity contribution is 0.0954. The number of carbonyl (C=O) groups excluding carboxylic acids is 1. The van der Waals surface area contributed by atoms with Crippen molar-refractivity contribution < 1.29 is 14.3 Å². The minimum Gasteiger partial charge on any atom is -0.477 e. The second kappa shape index (κ2) is 8.62. The number of carbonyl (C=O) groups is 1. The van der Waals surface area contributed by atoms with Crippen molar-refractivity contribution in [2.45, 2.75) is 19.9 Å². The summed E-state index contributed by atoms with van der Waals surface area (Å²) in [5, 5.41) is 1.39. The summed E-state index contributed by atoms with van der Waals surface area (Å²) in [5.41, 5.74) is 4.55. The van der Waals surface area contributed by atoms with Crippen LogP contribution in [0.15, 0.2) is 60.4 Å². The number of ketones is 1. The Labute approximate surface area is 197 Å². The smallest absolute Gasteiger partial charge is 0.231 e. The molecule has 0 radical (unpaired) electrons. The van der Waals surface area contributed by atoms with Crippen molar-refractivity contribution in [2.75, 3.05) is 13.3 Å². The van der Waals surface area contributed by atoms with Crippen molar-refractivity contribution in [1.29, 1.82) is 0 Å². The van der Waals surface area contributed by atoms with Gasteiger partial charge in [-0.05, 0) is 60.9 Å². The van der Waals surface area contributed by atoms with Gasteiger partial charge >= 0.3 is 0 Å². The second-order valence-corrected chi connectivity index (χ2v) is 8.93. The van der Waals surface area contributed by atoms with E-state index in [1.807, 2.05) is 49.4 Å². The predicted molar refractivity (Wildman–Crippen MR) is 127 cm³/mol. The number of fused-ring (bicyclic) bond motifs is 2. The zero-order valence-corrected chi connectivity index (χ0v) is 19.0. The lowest BCUT2D eigenvalue weighted by Crippen LogP contribution is -2.34. The van der Waals surface area contributed by atoms with Gasteiger partial charge in [0.1, 0.15) is 18.2 Å². The minimum atomic E-state index is -0.112. The Kier molecular flexibility index (Phi) is 5.68. The molecule has 32 heavy (non-hydrogen) atoms. The molecule has 4 nitrogen and oxygen atoms in total. The van der Waals surface area contributed by atoms with Crippen molar-refractivity contribution in [3.05, 3.63) is 98.2 Å². The molecule has 162 valence electrons. The Morgan fingerprint density at radius 3 is 2.41 bits per heavy atom. The molecule has 0 saturated carbocycles. The lowest BCUT2D eigenvalue weighted by Gasteiger charge is -2.30. The first-order chi connectivity index (χ1) is 15.5. The van der Waals surface area contributed by atoms with E-state index in [-0.39, 0.29) is 5.78 Å². The normalized spacial score (nSPS) is 16.5. The molecule has 0 N–H and O–H groups in total. The molecular weight excluding hydrogens is 445 g/mol. The van der Waals surface area contributed by atoms with E-state index in [1.54, 1.807) is 18.2 Å². The lowest BCUT2D eigenvalue weighted by atomic mass is 10.00. The molecule has 0 bridgehead atoms. The van der Waals surface area contributed by atoms with Crippen LogP contribution in [-0.2, 0) is 13.0 Å². The van der Waals surface area contributed by atoms with Gasteiger partial charge in [-0.1, -0.05) is 47.5 Å². The maximum atomic E-state index is 13.0. The minimum absolute atomic E-state index is 0.112. The van der Waals surface area contributed by atoms with Crippen LogP contribution in [0.1, 0.15) is 32.6 Å². The second-order valence-electron chi connectivity index (χ2n) is 8.06. The Morgan fingerprint density at radius 1 is 1.00 bits per heavy atom.